The second-order valence-corrected chi connectivity index (χ2v) is 8.16. The number of rotatable bonds is 5. The molecular weight excluding hydrogens is 387 g/mol. The van der Waals surface area contributed by atoms with Gasteiger partial charge in [0, 0.05) is 31.7 Å². The minimum Gasteiger partial charge on any atom is -0.493 e. The quantitative estimate of drug-likeness (QED) is 0.756. The third-order valence-corrected chi connectivity index (χ3v) is 6.52. The van der Waals surface area contributed by atoms with Crippen LogP contribution in [0.15, 0.2) is 47.4 Å². The molecule has 1 aliphatic rings. The fraction of sp³-hybridized carbons (Fsp3) is 0.316. The molecule has 0 spiro atoms. The van der Waals surface area contributed by atoms with Crippen LogP contribution in [0.5, 0.6) is 11.5 Å². The van der Waals surface area contributed by atoms with E-state index in [-0.39, 0.29) is 37.0 Å². The molecule has 0 unspecified atom stereocenters. The summed E-state index contributed by atoms with van der Waals surface area (Å²) in [5.41, 5.74) is 0.437. The Bertz CT molecular complexity index is 955. The molecule has 0 N–H and O–H groups in total. The van der Waals surface area contributed by atoms with E-state index in [4.69, 9.17) is 9.47 Å². The molecule has 1 fully saturated rings. The highest BCUT2D eigenvalue weighted by molar-refractivity contribution is 7.89. The van der Waals surface area contributed by atoms with Gasteiger partial charge in [-0.25, -0.2) is 12.8 Å². The number of hydrogen-bond acceptors (Lipinski definition) is 5. The number of ether oxygens (including phenoxy) is 2. The van der Waals surface area contributed by atoms with Crippen molar-refractivity contribution in [1.82, 2.24) is 9.21 Å². The van der Waals surface area contributed by atoms with E-state index in [0.717, 1.165) is 12.1 Å². The molecule has 0 saturated carbocycles. The van der Waals surface area contributed by atoms with Gasteiger partial charge in [-0.05, 0) is 42.5 Å². The molecule has 2 aromatic rings. The lowest BCUT2D eigenvalue weighted by molar-refractivity contribution is 0.0697. The Morgan fingerprint density at radius 3 is 2.11 bits per heavy atom. The van der Waals surface area contributed by atoms with Gasteiger partial charge in [-0.2, -0.15) is 4.31 Å². The molecule has 1 aliphatic heterocycles. The summed E-state index contributed by atoms with van der Waals surface area (Å²) in [4.78, 5) is 14.4. The topological polar surface area (TPSA) is 76.2 Å². The van der Waals surface area contributed by atoms with Crippen LogP contribution in [0.1, 0.15) is 10.4 Å². The molecule has 0 atom stereocenters. The van der Waals surface area contributed by atoms with Gasteiger partial charge in [0.05, 0.1) is 19.1 Å². The highest BCUT2D eigenvalue weighted by atomic mass is 32.2. The van der Waals surface area contributed by atoms with Crippen LogP contribution in [0.2, 0.25) is 0 Å². The lowest BCUT2D eigenvalue weighted by atomic mass is 10.1. The van der Waals surface area contributed by atoms with E-state index in [1.165, 1.54) is 30.7 Å². The minimum absolute atomic E-state index is 0.0357. The van der Waals surface area contributed by atoms with Crippen LogP contribution in [-0.4, -0.2) is 63.9 Å². The van der Waals surface area contributed by atoms with Gasteiger partial charge >= 0.3 is 0 Å². The van der Waals surface area contributed by atoms with Crippen molar-refractivity contribution in [3.05, 3.63) is 53.8 Å². The van der Waals surface area contributed by atoms with Crippen LogP contribution < -0.4 is 9.47 Å². The molecule has 9 heteroatoms. The second kappa shape index (κ2) is 8.15. The Balaban J connectivity index is 1.69. The zero-order valence-corrected chi connectivity index (χ0v) is 16.4. The summed E-state index contributed by atoms with van der Waals surface area (Å²) in [6.07, 6.45) is 0. The van der Waals surface area contributed by atoms with Crippen molar-refractivity contribution >= 4 is 15.9 Å². The van der Waals surface area contributed by atoms with E-state index in [1.54, 1.807) is 23.1 Å². The fourth-order valence-electron chi connectivity index (χ4n) is 3.04. The van der Waals surface area contributed by atoms with Crippen molar-refractivity contribution in [2.75, 3.05) is 40.4 Å². The number of benzene rings is 2. The van der Waals surface area contributed by atoms with Crippen LogP contribution in [0.3, 0.4) is 0 Å². The number of piperazine rings is 1. The Morgan fingerprint density at radius 1 is 0.929 bits per heavy atom. The van der Waals surface area contributed by atoms with Crippen LogP contribution in [0.25, 0.3) is 0 Å². The maximum atomic E-state index is 13.1. The molecule has 28 heavy (non-hydrogen) atoms. The largest absolute Gasteiger partial charge is 0.493 e. The number of carbonyl (C=O) groups is 1. The summed E-state index contributed by atoms with van der Waals surface area (Å²) >= 11 is 0. The van der Waals surface area contributed by atoms with Gasteiger partial charge in [-0.3, -0.25) is 4.79 Å². The Labute approximate surface area is 163 Å². The van der Waals surface area contributed by atoms with Crippen molar-refractivity contribution in [3.8, 4) is 11.5 Å². The number of nitrogens with zero attached hydrogens (tertiary/aromatic N) is 2. The highest BCUT2D eigenvalue weighted by Gasteiger charge is 2.30. The Morgan fingerprint density at radius 2 is 1.54 bits per heavy atom. The summed E-state index contributed by atoms with van der Waals surface area (Å²) in [6.45, 7) is 0.846. The van der Waals surface area contributed by atoms with E-state index in [2.05, 4.69) is 0 Å². The van der Waals surface area contributed by atoms with Gasteiger partial charge in [0.1, 0.15) is 5.82 Å². The molecular formula is C19H21FN2O5S. The van der Waals surface area contributed by atoms with Gasteiger partial charge in [0.15, 0.2) is 11.5 Å². The van der Waals surface area contributed by atoms with Gasteiger partial charge in [-0.1, -0.05) is 0 Å². The zero-order valence-electron chi connectivity index (χ0n) is 15.6. The van der Waals surface area contributed by atoms with Crippen molar-refractivity contribution in [2.24, 2.45) is 0 Å². The number of methoxy groups -OCH3 is 2. The number of halogens is 1. The average Bonchev–Trinajstić information content (AvgIpc) is 2.73. The molecule has 0 aliphatic carbocycles. The van der Waals surface area contributed by atoms with Crippen molar-refractivity contribution in [3.63, 3.8) is 0 Å². The van der Waals surface area contributed by atoms with Crippen LogP contribution in [0, 0.1) is 5.82 Å². The van der Waals surface area contributed by atoms with Crippen LogP contribution >= 0.6 is 0 Å². The first-order valence-corrected chi connectivity index (χ1v) is 10.1. The smallest absolute Gasteiger partial charge is 0.254 e. The van der Waals surface area contributed by atoms with E-state index in [1.807, 2.05) is 0 Å². The number of sulfonamides is 1. The molecule has 1 amide bonds. The van der Waals surface area contributed by atoms with Crippen molar-refractivity contribution in [1.29, 1.82) is 0 Å². The Hall–Kier alpha value is -2.65. The van der Waals surface area contributed by atoms with Gasteiger partial charge in [0.25, 0.3) is 5.91 Å². The summed E-state index contributed by atoms with van der Waals surface area (Å²) in [5, 5.41) is 0. The van der Waals surface area contributed by atoms with Crippen molar-refractivity contribution < 1.29 is 27.1 Å². The Kier molecular flexibility index (Phi) is 5.85. The molecule has 3 rings (SSSR count). The summed E-state index contributed by atoms with van der Waals surface area (Å²) in [7, 11) is -0.715. The third kappa shape index (κ3) is 3.95. The standard InChI is InChI=1S/C19H21FN2O5S/c1-26-17-8-3-14(13-18(17)27-2)19(23)21-9-11-22(12-10-21)28(24,25)16-6-4-15(20)5-7-16/h3-8,13H,9-12H2,1-2H3. The molecule has 0 aromatic heterocycles. The van der Waals surface area contributed by atoms with Gasteiger partial charge in [0.2, 0.25) is 10.0 Å². The predicted molar refractivity (Wildman–Crippen MR) is 101 cm³/mol. The van der Waals surface area contributed by atoms with Crippen LogP contribution in [-0.2, 0) is 10.0 Å². The minimum atomic E-state index is -3.72. The van der Waals surface area contributed by atoms with E-state index >= 15 is 0 Å². The molecule has 0 bridgehead atoms. The zero-order chi connectivity index (χ0) is 20.3. The number of carbonyl (C=O) groups excluding carboxylic acids is 1. The molecule has 2 aromatic carbocycles. The molecule has 150 valence electrons. The molecule has 7 nitrogen and oxygen atoms in total. The third-order valence-electron chi connectivity index (χ3n) is 4.61. The number of hydrogen-bond donors (Lipinski definition) is 0. The SMILES string of the molecule is COc1ccc(C(=O)N2CCN(S(=O)(=O)c3ccc(F)cc3)CC2)cc1OC. The molecule has 0 radical (unpaired) electrons. The van der Waals surface area contributed by atoms with E-state index in [0.29, 0.717) is 17.1 Å². The monoisotopic (exact) mass is 408 g/mol. The maximum absolute atomic E-state index is 13.1. The lowest BCUT2D eigenvalue weighted by Gasteiger charge is -2.34. The fourth-order valence-corrected chi connectivity index (χ4v) is 4.46. The highest BCUT2D eigenvalue weighted by Crippen LogP contribution is 2.28. The lowest BCUT2D eigenvalue weighted by Crippen LogP contribution is -2.50. The first-order valence-electron chi connectivity index (χ1n) is 8.64. The molecule has 1 saturated heterocycles. The average molecular weight is 408 g/mol. The maximum Gasteiger partial charge on any atom is 0.254 e. The van der Waals surface area contributed by atoms with Crippen LogP contribution in [0.4, 0.5) is 4.39 Å². The second-order valence-electron chi connectivity index (χ2n) is 6.22. The predicted octanol–water partition coefficient (Wildman–Crippen LogP) is 1.99. The molecule has 1 heterocycles. The first kappa shape index (κ1) is 20.1. The summed E-state index contributed by atoms with van der Waals surface area (Å²) in [5.74, 6) is 0.268. The van der Waals surface area contributed by atoms with Crippen molar-refractivity contribution in [2.45, 2.75) is 4.90 Å². The number of amides is 1. The first-order chi connectivity index (χ1) is 13.4. The van der Waals surface area contributed by atoms with Gasteiger partial charge in [-0.15, -0.1) is 0 Å². The van der Waals surface area contributed by atoms with E-state index in [9.17, 15) is 17.6 Å². The normalized spacial score (nSPS) is 15.3. The summed E-state index contributed by atoms with van der Waals surface area (Å²) in [6, 6.07) is 9.61. The summed E-state index contributed by atoms with van der Waals surface area (Å²) < 4.78 is 50.1. The van der Waals surface area contributed by atoms with E-state index < -0.39 is 15.8 Å². The van der Waals surface area contributed by atoms with Gasteiger partial charge < -0.3 is 14.4 Å².